The Bertz CT molecular complexity index is 768. The van der Waals surface area contributed by atoms with Crippen LogP contribution in [-0.2, 0) is 6.54 Å². The average molecular weight is 280 g/mol. The minimum atomic E-state index is 0.735. The maximum atomic E-state index is 6.34. The first-order valence-corrected chi connectivity index (χ1v) is 7.38. The number of unbranched alkanes of at least 4 members (excludes halogenated alkanes) is 1. The maximum absolute atomic E-state index is 6.34. The molecule has 4 heteroatoms. The van der Waals surface area contributed by atoms with Crippen molar-refractivity contribution in [3.05, 3.63) is 42.5 Å². The van der Waals surface area contributed by atoms with Crippen LogP contribution in [0.1, 0.15) is 25.6 Å². The molecule has 0 aliphatic heterocycles. The molecule has 0 bridgehead atoms. The number of anilines is 1. The highest BCUT2D eigenvalue weighted by Crippen LogP contribution is 2.31. The minimum absolute atomic E-state index is 0.735. The molecule has 0 unspecified atom stereocenters. The van der Waals surface area contributed by atoms with Crippen molar-refractivity contribution < 1.29 is 0 Å². The Morgan fingerprint density at radius 2 is 2.00 bits per heavy atom. The molecule has 3 aromatic rings. The molecule has 2 aromatic heterocycles. The van der Waals surface area contributed by atoms with Gasteiger partial charge < -0.3 is 10.3 Å². The number of hydrogen-bond acceptors (Lipinski definition) is 3. The van der Waals surface area contributed by atoms with E-state index < -0.39 is 0 Å². The van der Waals surface area contributed by atoms with Gasteiger partial charge in [-0.3, -0.25) is 4.98 Å². The summed E-state index contributed by atoms with van der Waals surface area (Å²) in [5, 5.41) is 2.24. The summed E-state index contributed by atoms with van der Waals surface area (Å²) < 4.78 is 2.10. The lowest BCUT2D eigenvalue weighted by Crippen LogP contribution is -2.05. The molecule has 0 radical (unpaired) electrons. The van der Waals surface area contributed by atoms with Gasteiger partial charge >= 0.3 is 0 Å². The Labute approximate surface area is 124 Å². The van der Waals surface area contributed by atoms with E-state index in [2.05, 4.69) is 33.6 Å². The summed E-state index contributed by atoms with van der Waals surface area (Å²) in [4.78, 5) is 9.01. The van der Waals surface area contributed by atoms with E-state index in [-0.39, 0.29) is 0 Å². The molecule has 0 spiro atoms. The van der Waals surface area contributed by atoms with Crippen molar-refractivity contribution in [2.45, 2.75) is 33.2 Å². The van der Waals surface area contributed by atoms with Crippen LogP contribution in [-0.4, -0.2) is 14.5 Å². The lowest BCUT2D eigenvalue weighted by atomic mass is 10.1. The molecule has 2 N–H and O–H groups in total. The fourth-order valence-corrected chi connectivity index (χ4v) is 2.68. The number of fused-ring (bicyclic) bond motifs is 1. The first-order chi connectivity index (χ1) is 10.2. The van der Waals surface area contributed by atoms with Crippen LogP contribution in [0.3, 0.4) is 0 Å². The molecule has 2 heterocycles. The van der Waals surface area contributed by atoms with Crippen molar-refractivity contribution in [2.75, 3.05) is 5.73 Å². The number of rotatable bonds is 4. The molecule has 0 amide bonds. The molecule has 0 saturated heterocycles. The van der Waals surface area contributed by atoms with Gasteiger partial charge in [-0.1, -0.05) is 37.6 Å². The van der Waals surface area contributed by atoms with Gasteiger partial charge in [0.2, 0.25) is 0 Å². The summed E-state index contributed by atoms with van der Waals surface area (Å²) in [5.74, 6) is 1.70. The Morgan fingerprint density at radius 1 is 1.19 bits per heavy atom. The SMILES string of the molecule is CCCCn1c(C)nc(-c2cncc3ccccc23)c1N. The van der Waals surface area contributed by atoms with Crippen molar-refractivity contribution in [1.82, 2.24) is 14.5 Å². The van der Waals surface area contributed by atoms with E-state index in [0.717, 1.165) is 53.1 Å². The number of hydrogen-bond donors (Lipinski definition) is 1. The third-order valence-corrected chi connectivity index (χ3v) is 3.86. The Hall–Kier alpha value is -2.36. The van der Waals surface area contributed by atoms with Crippen LogP contribution < -0.4 is 5.73 Å². The van der Waals surface area contributed by atoms with Gasteiger partial charge in [-0.2, -0.15) is 0 Å². The quantitative estimate of drug-likeness (QED) is 0.791. The number of nitrogens with two attached hydrogens (primary N) is 1. The minimum Gasteiger partial charge on any atom is -0.383 e. The van der Waals surface area contributed by atoms with E-state index in [1.807, 2.05) is 31.5 Å². The van der Waals surface area contributed by atoms with Crippen molar-refractivity contribution in [2.24, 2.45) is 0 Å². The largest absolute Gasteiger partial charge is 0.383 e. The molecule has 0 aliphatic carbocycles. The molecule has 108 valence electrons. The zero-order chi connectivity index (χ0) is 14.8. The Morgan fingerprint density at radius 3 is 2.81 bits per heavy atom. The lowest BCUT2D eigenvalue weighted by molar-refractivity contribution is 0.622. The zero-order valence-electron chi connectivity index (χ0n) is 12.5. The highest BCUT2D eigenvalue weighted by molar-refractivity contribution is 5.96. The number of benzene rings is 1. The molecule has 21 heavy (non-hydrogen) atoms. The summed E-state index contributed by atoms with van der Waals surface area (Å²) in [7, 11) is 0. The summed E-state index contributed by atoms with van der Waals surface area (Å²) in [5.41, 5.74) is 8.18. The van der Waals surface area contributed by atoms with E-state index in [9.17, 15) is 0 Å². The van der Waals surface area contributed by atoms with Crippen molar-refractivity contribution in [1.29, 1.82) is 0 Å². The Kier molecular flexibility index (Phi) is 3.60. The highest BCUT2D eigenvalue weighted by Gasteiger charge is 2.15. The van der Waals surface area contributed by atoms with E-state index in [0.29, 0.717) is 0 Å². The lowest BCUT2D eigenvalue weighted by Gasteiger charge is -2.07. The normalized spacial score (nSPS) is 11.1. The van der Waals surface area contributed by atoms with Crippen LogP contribution in [0.5, 0.6) is 0 Å². The van der Waals surface area contributed by atoms with Crippen LogP contribution in [0.2, 0.25) is 0 Å². The van der Waals surface area contributed by atoms with Gasteiger partial charge in [-0.15, -0.1) is 0 Å². The number of imidazole rings is 1. The molecular weight excluding hydrogens is 260 g/mol. The van der Waals surface area contributed by atoms with E-state index in [1.54, 1.807) is 0 Å². The molecule has 0 aliphatic rings. The molecule has 3 rings (SSSR count). The van der Waals surface area contributed by atoms with Gasteiger partial charge in [0.05, 0.1) is 0 Å². The summed E-state index contributed by atoms with van der Waals surface area (Å²) in [6.07, 6.45) is 5.97. The Balaban J connectivity index is 2.15. The van der Waals surface area contributed by atoms with Crippen LogP contribution in [0.25, 0.3) is 22.0 Å². The van der Waals surface area contributed by atoms with Gasteiger partial charge in [0.25, 0.3) is 0 Å². The number of aromatic nitrogens is 3. The van der Waals surface area contributed by atoms with Crippen molar-refractivity contribution in [3.8, 4) is 11.3 Å². The zero-order valence-corrected chi connectivity index (χ0v) is 12.5. The first kappa shape index (κ1) is 13.6. The second-order valence-corrected chi connectivity index (χ2v) is 5.31. The van der Waals surface area contributed by atoms with Crippen molar-refractivity contribution in [3.63, 3.8) is 0 Å². The summed E-state index contributed by atoms with van der Waals surface area (Å²) >= 11 is 0. The second kappa shape index (κ2) is 5.56. The van der Waals surface area contributed by atoms with Crippen LogP contribution in [0.15, 0.2) is 36.7 Å². The summed E-state index contributed by atoms with van der Waals surface area (Å²) in [6, 6.07) is 8.19. The smallest absolute Gasteiger partial charge is 0.131 e. The number of nitrogens with zero attached hydrogens (tertiary/aromatic N) is 3. The molecule has 0 fully saturated rings. The van der Waals surface area contributed by atoms with Gasteiger partial charge in [0.15, 0.2) is 0 Å². The van der Waals surface area contributed by atoms with Crippen LogP contribution in [0.4, 0.5) is 5.82 Å². The number of aryl methyl sites for hydroxylation is 1. The fraction of sp³-hybridized carbons (Fsp3) is 0.294. The van der Waals surface area contributed by atoms with E-state index in [1.165, 1.54) is 0 Å². The van der Waals surface area contributed by atoms with Gasteiger partial charge in [0, 0.05) is 29.9 Å². The third-order valence-electron chi connectivity index (χ3n) is 3.86. The van der Waals surface area contributed by atoms with E-state index in [4.69, 9.17) is 5.73 Å². The molecule has 4 nitrogen and oxygen atoms in total. The molecule has 0 saturated carbocycles. The predicted molar refractivity (Wildman–Crippen MR) is 87.0 cm³/mol. The van der Waals surface area contributed by atoms with Crippen LogP contribution >= 0.6 is 0 Å². The predicted octanol–water partition coefficient (Wildman–Crippen LogP) is 3.79. The molecule has 0 atom stereocenters. The fourth-order valence-electron chi connectivity index (χ4n) is 2.68. The van der Waals surface area contributed by atoms with Gasteiger partial charge in [-0.25, -0.2) is 4.98 Å². The number of nitrogen functional groups attached to an aromatic ring is 1. The molecule has 1 aromatic carbocycles. The maximum Gasteiger partial charge on any atom is 0.131 e. The third kappa shape index (κ3) is 2.37. The monoisotopic (exact) mass is 280 g/mol. The van der Waals surface area contributed by atoms with Crippen molar-refractivity contribution >= 4 is 16.6 Å². The first-order valence-electron chi connectivity index (χ1n) is 7.38. The highest BCUT2D eigenvalue weighted by atomic mass is 15.1. The number of pyridine rings is 1. The van der Waals surface area contributed by atoms with E-state index >= 15 is 0 Å². The topological polar surface area (TPSA) is 56.7 Å². The van der Waals surface area contributed by atoms with Gasteiger partial charge in [0.1, 0.15) is 17.3 Å². The molecular formula is C17H20N4. The summed E-state index contributed by atoms with van der Waals surface area (Å²) in [6.45, 7) is 5.10. The second-order valence-electron chi connectivity index (χ2n) is 5.31. The van der Waals surface area contributed by atoms with Gasteiger partial charge in [-0.05, 0) is 18.7 Å². The standard InChI is InChI=1S/C17H20N4/c1-3-4-9-21-12(2)20-16(17(21)18)15-11-19-10-13-7-5-6-8-14(13)15/h5-8,10-11H,3-4,9,18H2,1-2H3. The average Bonchev–Trinajstić information content (AvgIpc) is 2.79. The van der Waals surface area contributed by atoms with Crippen LogP contribution in [0, 0.1) is 6.92 Å².